The number of hydrogen-bond donors (Lipinski definition) is 0. The summed E-state index contributed by atoms with van der Waals surface area (Å²) in [5, 5.41) is 0. The first-order valence-corrected chi connectivity index (χ1v) is 6.96. The Balaban J connectivity index is 0. The molecular weight excluding hydrogens is 391 g/mol. The Morgan fingerprint density at radius 1 is 1.18 bits per heavy atom. The van der Waals surface area contributed by atoms with Crippen LogP contribution in [-0.2, 0) is 39.0 Å². The summed E-state index contributed by atoms with van der Waals surface area (Å²) in [6, 6.07) is 0. The van der Waals surface area contributed by atoms with E-state index in [4.69, 9.17) is 0 Å². The number of allylic oxidation sites excluding steroid dienone is 6. The Morgan fingerprint density at radius 2 is 1.82 bits per heavy atom. The van der Waals surface area contributed by atoms with Gasteiger partial charge < -0.3 is 24.8 Å². The zero-order chi connectivity index (χ0) is 14.0. The van der Waals surface area contributed by atoms with Gasteiger partial charge in [-0.1, -0.05) is 33.1 Å². The zero-order valence-electron chi connectivity index (χ0n) is 13.9. The maximum absolute atomic E-state index is 4.21. The molecule has 1 nitrogen and oxygen atoms in total. The van der Waals surface area contributed by atoms with Crippen molar-refractivity contribution in [3.05, 3.63) is 52.2 Å². The van der Waals surface area contributed by atoms with Gasteiger partial charge in [-0.05, 0) is 0 Å². The van der Waals surface area contributed by atoms with Crippen LogP contribution in [0, 0.1) is 11.5 Å². The number of halogens is 2. The third-order valence-corrected chi connectivity index (χ3v) is 4.25. The Morgan fingerprint density at radius 3 is 2.23 bits per heavy atom. The molecule has 0 saturated carbocycles. The molecule has 0 fully saturated rings. The van der Waals surface area contributed by atoms with E-state index in [9.17, 15) is 0 Å². The summed E-state index contributed by atoms with van der Waals surface area (Å²) in [5.41, 5.74) is 7.06. The second-order valence-electron chi connectivity index (χ2n) is 5.92. The van der Waals surface area contributed by atoms with Gasteiger partial charge in [-0.2, -0.15) is 11.1 Å². The van der Waals surface area contributed by atoms with Crippen LogP contribution >= 0.6 is 0 Å². The maximum atomic E-state index is 4.21. The average molecular weight is 413 g/mol. The summed E-state index contributed by atoms with van der Waals surface area (Å²) in [7, 11) is 1.89. The Labute approximate surface area is 167 Å². The first-order chi connectivity index (χ1) is 8.92. The first kappa shape index (κ1) is 24.4. The predicted octanol–water partition coefficient (Wildman–Crippen LogP) is -2.09. The average Bonchev–Trinajstić information content (AvgIpc) is 2.90. The van der Waals surface area contributed by atoms with Crippen LogP contribution in [0.15, 0.2) is 34.8 Å². The number of fused-ring (bicyclic) bond motifs is 1. The van der Waals surface area contributed by atoms with E-state index in [1.54, 1.807) is 0 Å². The second-order valence-corrected chi connectivity index (χ2v) is 5.92. The van der Waals surface area contributed by atoms with E-state index in [1.807, 2.05) is 7.05 Å². The van der Waals surface area contributed by atoms with Gasteiger partial charge in [-0.15, -0.1) is 6.92 Å². The topological polar surface area (TPSA) is 12.9 Å². The Hall–Kier alpha value is 0.158. The first-order valence-electron chi connectivity index (χ1n) is 6.96. The molecule has 0 spiro atoms. The van der Waals surface area contributed by atoms with Crippen LogP contribution < -0.4 is 24.8 Å². The molecular formula is C17H22BCl2NZr. The van der Waals surface area contributed by atoms with Gasteiger partial charge in [0.15, 0.2) is 0 Å². The quantitative estimate of drug-likeness (QED) is 0.351. The minimum atomic E-state index is 0. The third kappa shape index (κ3) is 5.66. The van der Waals surface area contributed by atoms with Gasteiger partial charge in [-0.3, -0.25) is 6.08 Å². The van der Waals surface area contributed by atoms with Gasteiger partial charge in [-0.25, -0.2) is 5.57 Å². The fourth-order valence-corrected chi connectivity index (χ4v) is 2.58. The monoisotopic (exact) mass is 411 g/mol. The third-order valence-electron chi connectivity index (χ3n) is 4.25. The molecule has 2 aliphatic rings. The fraction of sp³-hybridized carbons (Fsp3) is 0.471. The molecule has 3 rings (SSSR count). The second kappa shape index (κ2) is 10.1. The van der Waals surface area contributed by atoms with Crippen molar-refractivity contribution >= 4 is 7.05 Å². The standard InChI is InChI=1S/C10H15.C7H7BN.2ClH.Zr/c1-7-6-10(4,5)9(3)8(7)2;1-2-4-7-6(3-1)5-8-9-7;;;/h1-5H3;1-2,5H,3-4H2;2*1H;/q2*-1;;;+4/p-2. The normalized spacial score (nSPS) is 16.9. The van der Waals surface area contributed by atoms with Crippen LogP contribution in [0.4, 0.5) is 0 Å². The van der Waals surface area contributed by atoms with E-state index in [2.05, 4.69) is 63.7 Å². The van der Waals surface area contributed by atoms with Crippen molar-refractivity contribution in [1.29, 1.82) is 0 Å². The van der Waals surface area contributed by atoms with Gasteiger partial charge in [0.2, 0.25) is 0 Å². The number of aromatic nitrogens is 1. The molecule has 0 bridgehead atoms. The summed E-state index contributed by atoms with van der Waals surface area (Å²) in [6.45, 7) is 10.9. The molecule has 0 aliphatic heterocycles. The minimum absolute atomic E-state index is 0. The number of hydrogen-bond acceptors (Lipinski definition) is 1. The molecule has 22 heavy (non-hydrogen) atoms. The molecule has 0 saturated heterocycles. The van der Waals surface area contributed by atoms with E-state index in [-0.39, 0.29) is 56.4 Å². The van der Waals surface area contributed by atoms with E-state index in [0.717, 1.165) is 12.8 Å². The number of nitrogens with zero attached hydrogens (tertiary/aromatic N) is 1. The van der Waals surface area contributed by atoms with Crippen LogP contribution in [0.5, 0.6) is 0 Å². The molecule has 2 aliphatic carbocycles. The zero-order valence-corrected chi connectivity index (χ0v) is 17.9. The van der Waals surface area contributed by atoms with Crippen molar-refractivity contribution in [2.45, 2.75) is 47.5 Å². The van der Waals surface area contributed by atoms with Gasteiger partial charge in [0.1, 0.15) is 0 Å². The molecule has 0 atom stereocenters. The molecule has 116 valence electrons. The van der Waals surface area contributed by atoms with Crippen LogP contribution in [0.3, 0.4) is 0 Å². The van der Waals surface area contributed by atoms with Crippen molar-refractivity contribution in [1.82, 2.24) is 4.89 Å². The summed E-state index contributed by atoms with van der Waals surface area (Å²) < 4.78 is 0. The summed E-state index contributed by atoms with van der Waals surface area (Å²) in [4.78, 5) is 4.21. The summed E-state index contributed by atoms with van der Waals surface area (Å²) in [6.07, 6.45) is 9.92. The SMILES string of the molecule is CC1=[C-]C(C)(C)C(C)=C1C.[Cl-].[Cl-].[Zr+4].b1cc2[c-](n1)CC=CC2. The van der Waals surface area contributed by atoms with Crippen molar-refractivity contribution in [3.8, 4) is 0 Å². The fourth-order valence-electron chi connectivity index (χ4n) is 2.58. The molecule has 0 N–H and O–H groups in total. The molecule has 1 aromatic heterocycles. The van der Waals surface area contributed by atoms with Crippen LogP contribution in [0.2, 0.25) is 0 Å². The molecule has 1 aromatic rings. The van der Waals surface area contributed by atoms with Crippen molar-refractivity contribution < 1.29 is 51.0 Å². The van der Waals surface area contributed by atoms with Gasteiger partial charge in [0.05, 0.1) is 0 Å². The predicted molar refractivity (Wildman–Crippen MR) is 82.3 cm³/mol. The van der Waals surface area contributed by atoms with Gasteiger partial charge in [0.25, 0.3) is 0 Å². The Kier molecular flexibility index (Phi) is 11.2. The van der Waals surface area contributed by atoms with E-state index < -0.39 is 0 Å². The van der Waals surface area contributed by atoms with E-state index in [0.29, 0.717) is 0 Å². The number of rotatable bonds is 0. The molecule has 0 aromatic carbocycles. The molecule has 0 unspecified atom stereocenters. The van der Waals surface area contributed by atoms with Crippen molar-refractivity contribution in [3.63, 3.8) is 0 Å². The Bertz CT molecular complexity index is 548. The molecule has 1 heterocycles. The van der Waals surface area contributed by atoms with Crippen molar-refractivity contribution in [2.75, 3.05) is 0 Å². The summed E-state index contributed by atoms with van der Waals surface area (Å²) in [5.74, 6) is 2.10. The van der Waals surface area contributed by atoms with E-state index >= 15 is 0 Å². The summed E-state index contributed by atoms with van der Waals surface area (Å²) >= 11 is 0. The van der Waals surface area contributed by atoms with Gasteiger partial charge >= 0.3 is 80.4 Å². The van der Waals surface area contributed by atoms with Crippen LogP contribution in [0.1, 0.15) is 45.9 Å². The van der Waals surface area contributed by atoms with Crippen molar-refractivity contribution in [2.24, 2.45) is 5.41 Å². The molecule has 0 radical (unpaired) electrons. The van der Waals surface area contributed by atoms with Gasteiger partial charge in [0, 0.05) is 0 Å². The van der Waals surface area contributed by atoms with E-state index in [1.165, 1.54) is 28.0 Å². The van der Waals surface area contributed by atoms with Crippen LogP contribution in [0.25, 0.3) is 0 Å². The van der Waals surface area contributed by atoms with Crippen LogP contribution in [-0.4, -0.2) is 11.9 Å². The molecule has 5 heteroatoms. The molecule has 0 amide bonds.